The van der Waals surface area contributed by atoms with Crippen molar-refractivity contribution in [2.75, 3.05) is 25.1 Å². The van der Waals surface area contributed by atoms with Gasteiger partial charge in [-0.1, -0.05) is 12.1 Å². The molecule has 86 valence electrons. The van der Waals surface area contributed by atoms with Gasteiger partial charge in [-0.2, -0.15) is 0 Å². The van der Waals surface area contributed by atoms with Crippen molar-refractivity contribution >= 4 is 11.6 Å². The first-order chi connectivity index (χ1) is 7.66. The van der Waals surface area contributed by atoms with Gasteiger partial charge in [0.2, 0.25) is 5.91 Å². The van der Waals surface area contributed by atoms with E-state index in [4.69, 9.17) is 4.74 Å². The number of carbonyl (C=O) groups is 1. The second-order valence-electron chi connectivity index (χ2n) is 4.25. The van der Waals surface area contributed by atoms with E-state index in [2.05, 4.69) is 5.32 Å². The van der Waals surface area contributed by atoms with Crippen LogP contribution in [0.5, 0.6) is 0 Å². The maximum Gasteiger partial charge on any atom is 0.237 e. The minimum absolute atomic E-state index is 0.174. The summed E-state index contributed by atoms with van der Waals surface area (Å²) in [4.78, 5) is 11.9. The minimum Gasteiger partial charge on any atom is -0.395 e. The number of carbonyl (C=O) groups excluding carboxylic acids is 1. The first-order valence-electron chi connectivity index (χ1n) is 5.23. The molecule has 2 rings (SSSR count). The van der Waals surface area contributed by atoms with Crippen LogP contribution >= 0.6 is 0 Å². The molecule has 0 unspecified atom stereocenters. The van der Waals surface area contributed by atoms with Gasteiger partial charge in [0, 0.05) is 5.69 Å². The van der Waals surface area contributed by atoms with Crippen molar-refractivity contribution in [1.82, 2.24) is 0 Å². The summed E-state index contributed by atoms with van der Waals surface area (Å²) in [5, 5.41) is 12.0. The smallest absolute Gasteiger partial charge is 0.237 e. The Labute approximate surface area is 94.2 Å². The number of aryl methyl sites for hydroxylation is 1. The summed E-state index contributed by atoms with van der Waals surface area (Å²) in [6, 6.07) is 7.57. The van der Waals surface area contributed by atoms with Crippen molar-refractivity contribution in [1.29, 1.82) is 0 Å². The maximum absolute atomic E-state index is 11.9. The summed E-state index contributed by atoms with van der Waals surface area (Å²) in [6.45, 7) is 2.37. The monoisotopic (exact) mass is 221 g/mol. The molecule has 0 saturated carbocycles. The topological polar surface area (TPSA) is 58.6 Å². The molecule has 4 heteroatoms. The van der Waals surface area contributed by atoms with Crippen molar-refractivity contribution < 1.29 is 14.6 Å². The van der Waals surface area contributed by atoms with Gasteiger partial charge in [0.1, 0.15) is 5.41 Å². The van der Waals surface area contributed by atoms with Crippen LogP contribution in [0.1, 0.15) is 5.56 Å². The van der Waals surface area contributed by atoms with Gasteiger partial charge in [-0.25, -0.2) is 0 Å². The van der Waals surface area contributed by atoms with Crippen LogP contribution in [0.3, 0.4) is 0 Å². The van der Waals surface area contributed by atoms with E-state index in [-0.39, 0.29) is 12.5 Å². The highest BCUT2D eigenvalue weighted by atomic mass is 16.5. The predicted octanol–water partition coefficient (Wildman–Crippen LogP) is 0.942. The lowest BCUT2D eigenvalue weighted by Crippen LogP contribution is -2.54. The number of hydrogen-bond donors (Lipinski definition) is 2. The standard InChI is InChI=1S/C12H15NO3/c1-9-3-2-4-10(5-9)13-11(15)12(6-14)7-16-8-12/h2-5,14H,6-8H2,1H3,(H,13,15). The molecule has 1 amide bonds. The number of hydrogen-bond acceptors (Lipinski definition) is 3. The molecule has 0 aliphatic carbocycles. The Bertz CT molecular complexity index is 393. The number of benzene rings is 1. The van der Waals surface area contributed by atoms with Crippen LogP contribution in [-0.4, -0.2) is 30.8 Å². The second kappa shape index (κ2) is 4.23. The highest BCUT2D eigenvalue weighted by molar-refractivity contribution is 5.96. The summed E-state index contributed by atoms with van der Waals surface area (Å²) in [5.41, 5.74) is 1.09. The van der Waals surface area contributed by atoms with E-state index >= 15 is 0 Å². The summed E-state index contributed by atoms with van der Waals surface area (Å²) in [5.74, 6) is -0.174. The van der Waals surface area contributed by atoms with Gasteiger partial charge < -0.3 is 15.2 Å². The molecule has 16 heavy (non-hydrogen) atoms. The number of rotatable bonds is 3. The Morgan fingerprint density at radius 1 is 1.56 bits per heavy atom. The highest BCUT2D eigenvalue weighted by Crippen LogP contribution is 2.28. The normalized spacial score (nSPS) is 17.6. The lowest BCUT2D eigenvalue weighted by Gasteiger charge is -2.38. The minimum atomic E-state index is -0.746. The molecule has 1 heterocycles. The van der Waals surface area contributed by atoms with Crippen molar-refractivity contribution in [3.8, 4) is 0 Å². The summed E-state index contributed by atoms with van der Waals surface area (Å²) >= 11 is 0. The molecule has 1 aromatic rings. The Kier molecular flexibility index (Phi) is 2.94. The van der Waals surface area contributed by atoms with Crippen LogP contribution in [0.25, 0.3) is 0 Å². The largest absolute Gasteiger partial charge is 0.395 e. The third-order valence-corrected chi connectivity index (χ3v) is 2.82. The molecule has 4 nitrogen and oxygen atoms in total. The van der Waals surface area contributed by atoms with E-state index in [0.29, 0.717) is 13.2 Å². The Hall–Kier alpha value is -1.39. The molecule has 0 bridgehead atoms. The fourth-order valence-electron chi connectivity index (χ4n) is 1.63. The van der Waals surface area contributed by atoms with E-state index in [0.717, 1.165) is 11.3 Å². The van der Waals surface area contributed by atoms with Gasteiger partial charge in [0.05, 0.1) is 19.8 Å². The van der Waals surface area contributed by atoms with Crippen LogP contribution in [-0.2, 0) is 9.53 Å². The Morgan fingerprint density at radius 3 is 2.81 bits per heavy atom. The van der Waals surface area contributed by atoms with Crippen LogP contribution in [0.2, 0.25) is 0 Å². The fourth-order valence-corrected chi connectivity index (χ4v) is 1.63. The molecule has 1 aliphatic rings. The van der Waals surface area contributed by atoms with E-state index in [1.165, 1.54) is 0 Å². The zero-order valence-electron chi connectivity index (χ0n) is 9.19. The van der Waals surface area contributed by atoms with Crippen molar-refractivity contribution in [3.63, 3.8) is 0 Å². The van der Waals surface area contributed by atoms with Crippen LogP contribution < -0.4 is 5.32 Å². The van der Waals surface area contributed by atoms with Gasteiger partial charge >= 0.3 is 0 Å². The summed E-state index contributed by atoms with van der Waals surface area (Å²) < 4.78 is 4.99. The Balaban J connectivity index is 2.07. The molecule has 2 N–H and O–H groups in total. The third-order valence-electron chi connectivity index (χ3n) is 2.82. The molecule has 1 aromatic carbocycles. The molecule has 0 aromatic heterocycles. The van der Waals surface area contributed by atoms with Crippen molar-refractivity contribution in [2.24, 2.45) is 5.41 Å². The van der Waals surface area contributed by atoms with Gasteiger partial charge in [-0.3, -0.25) is 4.79 Å². The van der Waals surface area contributed by atoms with Crippen LogP contribution in [0, 0.1) is 12.3 Å². The van der Waals surface area contributed by atoms with Gasteiger partial charge in [-0.15, -0.1) is 0 Å². The van der Waals surface area contributed by atoms with Gasteiger partial charge in [0.15, 0.2) is 0 Å². The van der Waals surface area contributed by atoms with Crippen molar-refractivity contribution in [2.45, 2.75) is 6.92 Å². The van der Waals surface area contributed by atoms with Crippen LogP contribution in [0.4, 0.5) is 5.69 Å². The number of aliphatic hydroxyl groups is 1. The number of amides is 1. The fraction of sp³-hybridized carbons (Fsp3) is 0.417. The zero-order valence-corrected chi connectivity index (χ0v) is 9.19. The zero-order chi connectivity index (χ0) is 11.6. The number of nitrogens with one attached hydrogen (secondary N) is 1. The molecule has 1 fully saturated rings. The van der Waals surface area contributed by atoms with Crippen molar-refractivity contribution in [3.05, 3.63) is 29.8 Å². The first-order valence-corrected chi connectivity index (χ1v) is 5.23. The van der Waals surface area contributed by atoms with Gasteiger partial charge in [0.25, 0.3) is 0 Å². The van der Waals surface area contributed by atoms with Crippen LogP contribution in [0.15, 0.2) is 24.3 Å². The summed E-state index contributed by atoms with van der Waals surface area (Å²) in [6.07, 6.45) is 0. The van der Waals surface area contributed by atoms with E-state index < -0.39 is 5.41 Å². The summed E-state index contributed by atoms with van der Waals surface area (Å²) in [7, 11) is 0. The second-order valence-corrected chi connectivity index (χ2v) is 4.25. The lowest BCUT2D eigenvalue weighted by atomic mass is 9.86. The predicted molar refractivity (Wildman–Crippen MR) is 60.1 cm³/mol. The number of aliphatic hydroxyl groups excluding tert-OH is 1. The average Bonchev–Trinajstić information content (AvgIpc) is 2.16. The average molecular weight is 221 g/mol. The van der Waals surface area contributed by atoms with Gasteiger partial charge in [-0.05, 0) is 24.6 Å². The van der Waals surface area contributed by atoms with E-state index in [1.807, 2.05) is 31.2 Å². The lowest BCUT2D eigenvalue weighted by molar-refractivity contribution is -0.164. The van der Waals surface area contributed by atoms with E-state index in [9.17, 15) is 9.90 Å². The molecular weight excluding hydrogens is 206 g/mol. The van der Waals surface area contributed by atoms with E-state index in [1.54, 1.807) is 0 Å². The Morgan fingerprint density at radius 2 is 2.31 bits per heavy atom. The molecule has 1 aliphatic heterocycles. The number of ether oxygens (including phenoxy) is 1. The molecular formula is C12H15NO3. The maximum atomic E-state index is 11.9. The molecule has 0 radical (unpaired) electrons. The molecule has 0 spiro atoms. The third kappa shape index (κ3) is 1.94. The quantitative estimate of drug-likeness (QED) is 0.798. The number of anilines is 1. The first kappa shape index (κ1) is 11.1. The highest BCUT2D eigenvalue weighted by Gasteiger charge is 2.45. The molecule has 1 saturated heterocycles. The molecule has 0 atom stereocenters. The SMILES string of the molecule is Cc1cccc(NC(=O)C2(CO)COC2)c1.